The fraction of sp³-hybridized carbons (Fsp3) is 0.414. The lowest BCUT2D eigenvalue weighted by Crippen LogP contribution is -2.42. The number of rotatable bonds is 8. The Morgan fingerprint density at radius 2 is 2.03 bits per heavy atom. The zero-order valence-electron chi connectivity index (χ0n) is 21.1. The molecule has 196 valence electrons. The van der Waals surface area contributed by atoms with Crippen molar-refractivity contribution in [2.45, 2.75) is 25.3 Å². The molecule has 0 bridgehead atoms. The summed E-state index contributed by atoms with van der Waals surface area (Å²) in [6.07, 6.45) is 4.57. The van der Waals surface area contributed by atoms with E-state index in [-0.39, 0.29) is 24.1 Å². The Kier molecular flexibility index (Phi) is 9.04. The van der Waals surface area contributed by atoms with E-state index in [0.29, 0.717) is 25.1 Å². The predicted molar refractivity (Wildman–Crippen MR) is 138 cm³/mol. The first kappa shape index (κ1) is 26.9. The number of pyridine rings is 1. The van der Waals surface area contributed by atoms with Crippen molar-refractivity contribution in [3.05, 3.63) is 71.2 Å². The van der Waals surface area contributed by atoms with Gasteiger partial charge in [0, 0.05) is 36.8 Å². The zero-order chi connectivity index (χ0) is 26.4. The highest BCUT2D eigenvalue weighted by molar-refractivity contribution is 5.84. The van der Waals surface area contributed by atoms with Crippen molar-refractivity contribution >= 4 is 10.9 Å². The van der Waals surface area contributed by atoms with Gasteiger partial charge in [-0.05, 0) is 80.6 Å². The maximum atomic E-state index is 13.8. The van der Waals surface area contributed by atoms with Gasteiger partial charge in [-0.1, -0.05) is 11.8 Å². The van der Waals surface area contributed by atoms with E-state index < -0.39 is 17.5 Å². The number of methoxy groups -OCH3 is 1. The molecule has 5 nitrogen and oxygen atoms in total. The molecule has 0 spiro atoms. The minimum absolute atomic E-state index is 0.0674. The summed E-state index contributed by atoms with van der Waals surface area (Å²) >= 11 is 0. The van der Waals surface area contributed by atoms with Crippen LogP contribution >= 0.6 is 0 Å². The highest BCUT2D eigenvalue weighted by Crippen LogP contribution is 2.33. The van der Waals surface area contributed by atoms with Crippen LogP contribution in [0.5, 0.6) is 5.75 Å². The number of likely N-dealkylation sites (tertiary alicyclic amines) is 1. The van der Waals surface area contributed by atoms with Crippen molar-refractivity contribution in [1.29, 1.82) is 0 Å². The Labute approximate surface area is 215 Å². The predicted octanol–water partition coefficient (Wildman–Crippen LogP) is 4.68. The number of benzene rings is 2. The number of fused-ring (bicyclic) bond motifs is 1. The van der Waals surface area contributed by atoms with Crippen LogP contribution in [0.2, 0.25) is 0 Å². The maximum Gasteiger partial charge on any atom is 0.174 e. The van der Waals surface area contributed by atoms with Gasteiger partial charge in [0.1, 0.15) is 11.6 Å². The molecule has 0 saturated carbocycles. The second-order valence-corrected chi connectivity index (χ2v) is 9.48. The third-order valence-electron chi connectivity index (χ3n) is 7.26. The van der Waals surface area contributed by atoms with Gasteiger partial charge in [-0.3, -0.25) is 9.88 Å². The molecule has 1 aliphatic heterocycles. The van der Waals surface area contributed by atoms with Gasteiger partial charge in [0.25, 0.3) is 0 Å². The largest absolute Gasteiger partial charge is 0.497 e. The molecule has 8 heteroatoms. The Hall–Kier alpha value is -3.12. The van der Waals surface area contributed by atoms with Gasteiger partial charge in [-0.25, -0.2) is 13.2 Å². The summed E-state index contributed by atoms with van der Waals surface area (Å²) in [6.45, 7) is 1.85. The topological polar surface area (TPSA) is 57.6 Å². The van der Waals surface area contributed by atoms with Crippen molar-refractivity contribution in [2.75, 3.05) is 40.4 Å². The second-order valence-electron chi connectivity index (χ2n) is 9.48. The van der Waals surface area contributed by atoms with Crippen LogP contribution in [-0.2, 0) is 0 Å². The normalized spacial score (nSPS) is 18.9. The van der Waals surface area contributed by atoms with Crippen LogP contribution in [0.4, 0.5) is 13.2 Å². The molecule has 37 heavy (non-hydrogen) atoms. The van der Waals surface area contributed by atoms with Crippen molar-refractivity contribution < 1.29 is 23.0 Å². The molecule has 2 aromatic carbocycles. The number of hydrogen-bond donors (Lipinski definition) is 2. The fourth-order valence-corrected chi connectivity index (χ4v) is 5.19. The van der Waals surface area contributed by atoms with Crippen molar-refractivity contribution in [3.8, 4) is 17.6 Å². The molecular weight excluding hydrogens is 479 g/mol. The highest BCUT2D eigenvalue weighted by atomic mass is 19.2. The molecule has 1 saturated heterocycles. The summed E-state index contributed by atoms with van der Waals surface area (Å²) in [5.74, 6) is 3.36. The van der Waals surface area contributed by atoms with Gasteiger partial charge in [0.05, 0.1) is 24.7 Å². The van der Waals surface area contributed by atoms with Crippen molar-refractivity contribution in [2.24, 2.45) is 11.8 Å². The number of piperidine rings is 1. The average molecular weight is 512 g/mol. The molecule has 3 aromatic rings. The lowest BCUT2D eigenvalue weighted by atomic mass is 9.81. The summed E-state index contributed by atoms with van der Waals surface area (Å²) in [5.41, 5.74) is 1.80. The van der Waals surface area contributed by atoms with E-state index in [1.807, 2.05) is 37.5 Å². The Morgan fingerprint density at radius 3 is 2.78 bits per heavy atom. The van der Waals surface area contributed by atoms with E-state index in [9.17, 15) is 18.3 Å². The molecule has 1 aromatic heterocycles. The number of nitrogens with one attached hydrogen (secondary N) is 1. The maximum absolute atomic E-state index is 13.8. The first-order valence-electron chi connectivity index (χ1n) is 12.5. The standard InChI is InChI=1S/C29H32F3N3O2/c1-33-27(24-9-11-34-28-8-6-23(37-2)16-25(24)28)7-5-19-10-13-35(17-21(19)18-36)12-3-4-20-14-22(30)15-26(31)29(20)32/h6,8-9,11,14-16,19,21,27,33,36H,5,7,10,12-13,17-18H2,1-2H3/t19-,21-,27-/m1/s1. The van der Waals surface area contributed by atoms with Gasteiger partial charge in [-0.15, -0.1) is 0 Å². The first-order valence-corrected chi connectivity index (χ1v) is 12.5. The fourth-order valence-electron chi connectivity index (χ4n) is 5.19. The monoisotopic (exact) mass is 511 g/mol. The first-order chi connectivity index (χ1) is 17.9. The molecule has 4 rings (SSSR count). The van der Waals surface area contributed by atoms with Gasteiger partial charge < -0.3 is 15.2 Å². The Balaban J connectivity index is 1.38. The van der Waals surface area contributed by atoms with Crippen LogP contribution in [0.15, 0.2) is 42.6 Å². The molecule has 2 heterocycles. The number of nitrogens with zero attached hydrogens (tertiary/aromatic N) is 2. The number of aliphatic hydroxyl groups excluding tert-OH is 1. The van der Waals surface area contributed by atoms with E-state index in [4.69, 9.17) is 4.74 Å². The molecule has 0 aliphatic carbocycles. The van der Waals surface area contributed by atoms with Crippen molar-refractivity contribution in [3.63, 3.8) is 0 Å². The van der Waals surface area contributed by atoms with Crippen LogP contribution < -0.4 is 10.1 Å². The van der Waals surface area contributed by atoms with Crippen LogP contribution in [0.3, 0.4) is 0 Å². The van der Waals surface area contributed by atoms with Gasteiger partial charge >= 0.3 is 0 Å². The second kappa shape index (κ2) is 12.4. The quantitative estimate of drug-likeness (QED) is 0.340. The van der Waals surface area contributed by atoms with Crippen LogP contribution in [0.25, 0.3) is 10.9 Å². The van der Waals surface area contributed by atoms with Crippen molar-refractivity contribution in [1.82, 2.24) is 15.2 Å². The molecule has 1 aliphatic rings. The summed E-state index contributed by atoms with van der Waals surface area (Å²) < 4.78 is 46.0. The lowest BCUT2D eigenvalue weighted by molar-refractivity contribution is 0.0734. The smallest absolute Gasteiger partial charge is 0.174 e. The highest BCUT2D eigenvalue weighted by Gasteiger charge is 2.29. The molecule has 0 unspecified atom stereocenters. The number of hydrogen-bond acceptors (Lipinski definition) is 5. The van der Waals surface area contributed by atoms with E-state index in [1.165, 1.54) is 5.56 Å². The number of aliphatic hydroxyl groups is 1. The molecular formula is C29H32F3N3O2. The van der Waals surface area contributed by atoms with Gasteiger partial charge in [-0.2, -0.15) is 0 Å². The summed E-state index contributed by atoms with van der Waals surface area (Å²) in [4.78, 5) is 6.58. The molecule has 1 fully saturated rings. The number of aromatic nitrogens is 1. The zero-order valence-corrected chi connectivity index (χ0v) is 21.1. The van der Waals surface area contributed by atoms with E-state index in [2.05, 4.69) is 27.0 Å². The Morgan fingerprint density at radius 1 is 1.19 bits per heavy atom. The minimum Gasteiger partial charge on any atom is -0.497 e. The average Bonchev–Trinajstić information content (AvgIpc) is 2.91. The third-order valence-corrected chi connectivity index (χ3v) is 7.26. The lowest BCUT2D eigenvalue weighted by Gasteiger charge is -2.37. The minimum atomic E-state index is -1.25. The van der Waals surface area contributed by atoms with Crippen LogP contribution in [-0.4, -0.2) is 55.4 Å². The molecule has 0 amide bonds. The molecule has 2 N–H and O–H groups in total. The van der Waals surface area contributed by atoms with E-state index in [1.54, 1.807) is 7.11 Å². The number of ether oxygens (including phenoxy) is 1. The molecule has 3 atom stereocenters. The van der Waals surface area contributed by atoms with Gasteiger partial charge in [0.2, 0.25) is 0 Å². The molecule has 0 radical (unpaired) electrons. The Bertz CT molecular complexity index is 1290. The number of halogens is 3. The van der Waals surface area contributed by atoms with Crippen LogP contribution in [0.1, 0.15) is 36.4 Å². The van der Waals surface area contributed by atoms with E-state index in [0.717, 1.165) is 48.5 Å². The summed E-state index contributed by atoms with van der Waals surface area (Å²) in [6, 6.07) is 9.46. The summed E-state index contributed by atoms with van der Waals surface area (Å²) in [7, 11) is 3.61. The SMILES string of the molecule is CN[C@H](CC[C@@H]1CCN(CC#Cc2cc(F)cc(F)c2F)C[C@@H]1CO)c1ccnc2ccc(OC)cc12. The van der Waals surface area contributed by atoms with Crippen LogP contribution in [0, 0.1) is 41.1 Å². The summed E-state index contributed by atoms with van der Waals surface area (Å²) in [5, 5.41) is 14.6. The van der Waals surface area contributed by atoms with E-state index >= 15 is 0 Å². The van der Waals surface area contributed by atoms with Gasteiger partial charge in [0.15, 0.2) is 11.6 Å². The third kappa shape index (κ3) is 6.42.